The molecule has 0 spiro atoms. The summed E-state index contributed by atoms with van der Waals surface area (Å²) < 4.78 is 1.20. The molecular formula is C16H20N4O2S. The molecule has 2 heterocycles. The number of aryl methyl sites for hydroxylation is 3. The van der Waals surface area contributed by atoms with E-state index in [9.17, 15) is 9.59 Å². The monoisotopic (exact) mass is 332 g/mol. The number of nitrogens with one attached hydrogen (secondary N) is 1. The maximum atomic E-state index is 12.6. The van der Waals surface area contributed by atoms with Crippen molar-refractivity contribution in [1.82, 2.24) is 14.8 Å². The lowest BCUT2D eigenvalue weighted by Gasteiger charge is -2.15. The number of anilines is 1. The summed E-state index contributed by atoms with van der Waals surface area (Å²) in [5, 5.41) is 7.46. The van der Waals surface area contributed by atoms with Crippen LogP contribution in [0.15, 0.2) is 4.79 Å². The molecule has 1 N–H and O–H groups in total. The zero-order valence-electron chi connectivity index (χ0n) is 13.8. The minimum atomic E-state index is -0.409. The fourth-order valence-corrected chi connectivity index (χ4v) is 4.04. The molecule has 2 aromatic heterocycles. The van der Waals surface area contributed by atoms with Crippen LogP contribution in [0, 0.1) is 19.8 Å². The first kappa shape index (κ1) is 15.9. The van der Waals surface area contributed by atoms with Gasteiger partial charge < -0.3 is 0 Å². The summed E-state index contributed by atoms with van der Waals surface area (Å²) in [5.41, 5.74) is 2.12. The highest BCUT2D eigenvalue weighted by Crippen LogP contribution is 2.32. The molecule has 0 aromatic carbocycles. The number of fused-ring (bicyclic) bond motifs is 1. The van der Waals surface area contributed by atoms with Crippen molar-refractivity contribution in [2.24, 2.45) is 13.0 Å². The molecule has 1 aliphatic carbocycles. The molecular weight excluding hydrogens is 312 g/mol. The summed E-state index contributed by atoms with van der Waals surface area (Å²) in [7, 11) is 1.55. The van der Waals surface area contributed by atoms with Crippen molar-refractivity contribution in [3.8, 4) is 0 Å². The summed E-state index contributed by atoms with van der Waals surface area (Å²) in [6, 6.07) is 0. The molecule has 0 bridgehead atoms. The molecule has 0 aliphatic heterocycles. The number of amides is 1. The van der Waals surface area contributed by atoms with E-state index in [4.69, 9.17) is 0 Å². The highest BCUT2D eigenvalue weighted by Gasteiger charge is 2.23. The van der Waals surface area contributed by atoms with Crippen LogP contribution < -0.4 is 10.9 Å². The largest absolute Gasteiger partial charge is 0.298 e. The first-order valence-corrected chi connectivity index (χ1v) is 8.53. The van der Waals surface area contributed by atoms with Gasteiger partial charge in [-0.15, -0.1) is 11.3 Å². The molecule has 1 amide bonds. The Morgan fingerprint density at radius 1 is 1.39 bits per heavy atom. The van der Waals surface area contributed by atoms with Gasteiger partial charge in [0.2, 0.25) is 0 Å². The van der Waals surface area contributed by atoms with Crippen LogP contribution in [-0.4, -0.2) is 20.7 Å². The lowest BCUT2D eigenvalue weighted by Crippen LogP contribution is -2.31. The molecule has 122 valence electrons. The number of nitrogens with zero attached hydrogens (tertiary/aromatic N) is 3. The van der Waals surface area contributed by atoms with Gasteiger partial charge in [0.1, 0.15) is 5.56 Å². The summed E-state index contributed by atoms with van der Waals surface area (Å²) in [6.45, 7) is 5.76. The van der Waals surface area contributed by atoms with Gasteiger partial charge >= 0.3 is 0 Å². The van der Waals surface area contributed by atoms with E-state index in [1.54, 1.807) is 20.9 Å². The van der Waals surface area contributed by atoms with Crippen LogP contribution in [0.2, 0.25) is 0 Å². The van der Waals surface area contributed by atoms with Gasteiger partial charge in [-0.2, -0.15) is 5.10 Å². The SMILES string of the molecule is Cc1nn(C)c(=O)c(C(=O)Nc2nc3c(s2)C[C@@H](C)CC3)c1C. The van der Waals surface area contributed by atoms with Crippen molar-refractivity contribution in [2.75, 3.05) is 5.32 Å². The van der Waals surface area contributed by atoms with E-state index in [1.165, 1.54) is 20.9 Å². The molecule has 0 unspecified atom stereocenters. The lowest BCUT2D eigenvalue weighted by atomic mass is 9.93. The maximum Gasteiger partial charge on any atom is 0.279 e. The van der Waals surface area contributed by atoms with Gasteiger partial charge in [0.25, 0.3) is 11.5 Å². The number of hydrogen-bond donors (Lipinski definition) is 1. The number of thiazole rings is 1. The van der Waals surface area contributed by atoms with Crippen molar-refractivity contribution < 1.29 is 4.79 Å². The van der Waals surface area contributed by atoms with Gasteiger partial charge in [0, 0.05) is 11.9 Å². The Hall–Kier alpha value is -2.02. The molecule has 0 saturated heterocycles. The number of rotatable bonds is 2. The van der Waals surface area contributed by atoms with Crippen LogP contribution in [0.4, 0.5) is 5.13 Å². The Bertz CT molecular complexity index is 837. The van der Waals surface area contributed by atoms with Crippen molar-refractivity contribution in [3.63, 3.8) is 0 Å². The Labute approximate surface area is 138 Å². The second kappa shape index (κ2) is 5.88. The third-order valence-corrected chi connectivity index (χ3v) is 5.39. The smallest absolute Gasteiger partial charge is 0.279 e. The molecule has 1 aliphatic rings. The van der Waals surface area contributed by atoms with E-state index in [2.05, 4.69) is 22.3 Å². The van der Waals surface area contributed by atoms with Gasteiger partial charge in [-0.1, -0.05) is 6.92 Å². The van der Waals surface area contributed by atoms with Gasteiger partial charge in [-0.3, -0.25) is 14.9 Å². The fraction of sp³-hybridized carbons (Fsp3) is 0.500. The van der Waals surface area contributed by atoms with Crippen LogP contribution in [-0.2, 0) is 19.9 Å². The number of aromatic nitrogens is 3. The number of carbonyl (C=O) groups is 1. The summed E-state index contributed by atoms with van der Waals surface area (Å²) in [5.74, 6) is 0.247. The standard InChI is InChI=1S/C16H20N4O2S/c1-8-5-6-11-12(7-8)23-16(17-11)18-14(21)13-9(2)10(3)19-20(4)15(13)22/h8H,5-7H2,1-4H3,(H,17,18,21)/t8-/m0/s1. The van der Waals surface area contributed by atoms with E-state index in [0.29, 0.717) is 22.3 Å². The van der Waals surface area contributed by atoms with Crippen LogP contribution in [0.3, 0.4) is 0 Å². The third-order valence-electron chi connectivity index (χ3n) is 4.36. The second-order valence-corrected chi connectivity index (χ2v) is 7.29. The van der Waals surface area contributed by atoms with Gasteiger partial charge in [-0.25, -0.2) is 9.67 Å². The van der Waals surface area contributed by atoms with Crippen molar-refractivity contribution in [2.45, 2.75) is 40.0 Å². The zero-order valence-corrected chi connectivity index (χ0v) is 14.6. The first-order valence-electron chi connectivity index (χ1n) is 7.71. The molecule has 7 heteroatoms. The second-order valence-electron chi connectivity index (χ2n) is 6.21. The van der Waals surface area contributed by atoms with E-state index in [1.807, 2.05) is 0 Å². The van der Waals surface area contributed by atoms with E-state index in [0.717, 1.165) is 25.0 Å². The Balaban J connectivity index is 1.90. The molecule has 3 rings (SSSR count). The molecule has 1 atom stereocenters. The van der Waals surface area contributed by atoms with Crippen molar-refractivity contribution in [3.05, 3.63) is 37.7 Å². The van der Waals surface area contributed by atoms with Crippen LogP contribution in [0.25, 0.3) is 0 Å². The third kappa shape index (κ3) is 2.93. The molecule has 6 nitrogen and oxygen atoms in total. The zero-order chi connectivity index (χ0) is 16.7. The number of hydrogen-bond acceptors (Lipinski definition) is 5. The highest BCUT2D eigenvalue weighted by atomic mass is 32.1. The summed E-state index contributed by atoms with van der Waals surface area (Å²) >= 11 is 1.51. The van der Waals surface area contributed by atoms with E-state index in [-0.39, 0.29) is 11.1 Å². The molecule has 0 saturated carbocycles. The molecule has 0 fully saturated rings. The molecule has 2 aromatic rings. The predicted octanol–water partition coefficient (Wildman–Crippen LogP) is 2.23. The lowest BCUT2D eigenvalue weighted by molar-refractivity contribution is 0.102. The van der Waals surface area contributed by atoms with E-state index >= 15 is 0 Å². The highest BCUT2D eigenvalue weighted by molar-refractivity contribution is 7.15. The minimum absolute atomic E-state index is 0.140. The minimum Gasteiger partial charge on any atom is -0.298 e. The van der Waals surface area contributed by atoms with Gasteiger partial charge in [0.15, 0.2) is 5.13 Å². The van der Waals surface area contributed by atoms with Crippen LogP contribution in [0.5, 0.6) is 0 Å². The van der Waals surface area contributed by atoms with Gasteiger partial charge in [0.05, 0.1) is 11.4 Å². The average Bonchev–Trinajstić information content (AvgIpc) is 2.86. The summed E-state index contributed by atoms with van der Waals surface area (Å²) in [6.07, 6.45) is 3.10. The van der Waals surface area contributed by atoms with Crippen LogP contribution >= 0.6 is 11.3 Å². The Kier molecular flexibility index (Phi) is 4.06. The van der Waals surface area contributed by atoms with Crippen molar-refractivity contribution >= 4 is 22.4 Å². The van der Waals surface area contributed by atoms with Crippen molar-refractivity contribution in [1.29, 1.82) is 0 Å². The molecule has 23 heavy (non-hydrogen) atoms. The quantitative estimate of drug-likeness (QED) is 0.915. The van der Waals surface area contributed by atoms with Crippen LogP contribution in [0.1, 0.15) is 45.5 Å². The maximum absolute atomic E-state index is 12.6. The topological polar surface area (TPSA) is 76.9 Å². The Morgan fingerprint density at radius 3 is 2.87 bits per heavy atom. The summed E-state index contributed by atoms with van der Waals surface area (Å²) in [4.78, 5) is 30.5. The first-order chi connectivity index (χ1) is 10.9. The average molecular weight is 332 g/mol. The van der Waals surface area contributed by atoms with Gasteiger partial charge in [-0.05, 0) is 44.6 Å². The Morgan fingerprint density at radius 2 is 2.13 bits per heavy atom. The number of carbonyl (C=O) groups excluding carboxylic acids is 1. The molecule has 0 radical (unpaired) electrons. The normalized spacial score (nSPS) is 17.0. The van der Waals surface area contributed by atoms with E-state index < -0.39 is 5.91 Å². The fourth-order valence-electron chi connectivity index (χ4n) is 2.87. The predicted molar refractivity (Wildman–Crippen MR) is 90.2 cm³/mol.